The Morgan fingerprint density at radius 2 is 2.00 bits per heavy atom. The fourth-order valence-corrected chi connectivity index (χ4v) is 4.44. The van der Waals surface area contributed by atoms with Crippen molar-refractivity contribution < 1.29 is 9.84 Å². The second kappa shape index (κ2) is 3.85. The van der Waals surface area contributed by atoms with Gasteiger partial charge in [-0.05, 0) is 61.9 Å². The molecule has 3 aliphatic carbocycles. The Balaban J connectivity index is 1.66. The molecule has 0 amide bonds. The molecule has 1 N–H and O–H groups in total. The van der Waals surface area contributed by atoms with Gasteiger partial charge in [0.2, 0.25) is 0 Å². The quantitative estimate of drug-likeness (QED) is 0.587. The van der Waals surface area contributed by atoms with Crippen LogP contribution in [0.3, 0.4) is 0 Å². The second-order valence-corrected chi connectivity index (χ2v) is 6.03. The van der Waals surface area contributed by atoms with Crippen LogP contribution in [0.25, 0.3) is 0 Å². The van der Waals surface area contributed by atoms with E-state index in [1.165, 1.54) is 32.1 Å². The van der Waals surface area contributed by atoms with Crippen molar-refractivity contribution in [3.05, 3.63) is 12.2 Å². The van der Waals surface area contributed by atoms with E-state index in [0.29, 0.717) is 6.10 Å². The van der Waals surface area contributed by atoms with Gasteiger partial charge in [0.05, 0.1) is 6.10 Å². The summed E-state index contributed by atoms with van der Waals surface area (Å²) in [5.41, 5.74) is 0.728. The molecule has 3 saturated carbocycles. The van der Waals surface area contributed by atoms with Crippen LogP contribution in [0.15, 0.2) is 12.2 Å². The molecular formula is C14H22O2. The van der Waals surface area contributed by atoms with Crippen molar-refractivity contribution in [1.82, 2.24) is 0 Å². The van der Waals surface area contributed by atoms with Gasteiger partial charge >= 0.3 is 0 Å². The van der Waals surface area contributed by atoms with Crippen molar-refractivity contribution in [2.75, 3.05) is 0 Å². The fraction of sp³-hybridized carbons (Fsp3) is 0.857. The minimum absolute atomic E-state index is 0.302. The van der Waals surface area contributed by atoms with Gasteiger partial charge in [-0.3, -0.25) is 0 Å². The molecule has 0 aliphatic heterocycles. The number of rotatable bonds is 3. The maximum absolute atomic E-state index is 9.73. The van der Waals surface area contributed by atoms with Crippen molar-refractivity contribution >= 4 is 0 Å². The lowest BCUT2D eigenvalue weighted by Gasteiger charge is -2.32. The molecule has 0 aromatic carbocycles. The predicted octanol–water partition coefficient (Wildman–Crippen LogP) is 2.72. The van der Waals surface area contributed by atoms with E-state index >= 15 is 0 Å². The molecule has 0 radical (unpaired) electrons. The average molecular weight is 222 g/mol. The summed E-state index contributed by atoms with van der Waals surface area (Å²) in [6.07, 6.45) is 6.34. The molecule has 2 nitrogen and oxygen atoms in total. The zero-order valence-electron chi connectivity index (χ0n) is 10.1. The number of hydrogen-bond donors (Lipinski definition) is 1. The maximum atomic E-state index is 9.73. The van der Waals surface area contributed by atoms with Crippen LogP contribution < -0.4 is 0 Å². The van der Waals surface area contributed by atoms with E-state index in [-0.39, 0.29) is 0 Å². The lowest BCUT2D eigenvalue weighted by Crippen LogP contribution is -2.33. The Bertz CT molecular complexity index is 299. The zero-order chi connectivity index (χ0) is 11.3. The lowest BCUT2D eigenvalue weighted by atomic mass is 9.80. The Hall–Kier alpha value is -0.340. The third-order valence-corrected chi connectivity index (χ3v) is 5.09. The van der Waals surface area contributed by atoms with Crippen molar-refractivity contribution in [3.8, 4) is 0 Å². The van der Waals surface area contributed by atoms with Gasteiger partial charge in [0.1, 0.15) is 0 Å². The van der Waals surface area contributed by atoms with Gasteiger partial charge in [0.25, 0.3) is 0 Å². The Morgan fingerprint density at radius 1 is 1.25 bits per heavy atom. The topological polar surface area (TPSA) is 29.5 Å². The van der Waals surface area contributed by atoms with E-state index in [1.807, 2.05) is 6.92 Å². The van der Waals surface area contributed by atoms with E-state index in [4.69, 9.17) is 4.74 Å². The van der Waals surface area contributed by atoms with E-state index in [2.05, 4.69) is 6.58 Å². The van der Waals surface area contributed by atoms with Gasteiger partial charge in [-0.25, -0.2) is 0 Å². The summed E-state index contributed by atoms with van der Waals surface area (Å²) in [5.74, 6) is 3.51. The molecule has 16 heavy (non-hydrogen) atoms. The molecule has 3 aliphatic rings. The van der Waals surface area contributed by atoms with Gasteiger partial charge in [-0.15, -0.1) is 0 Å². The molecule has 6 unspecified atom stereocenters. The molecule has 90 valence electrons. The van der Waals surface area contributed by atoms with Crippen molar-refractivity contribution in [3.63, 3.8) is 0 Å². The summed E-state index contributed by atoms with van der Waals surface area (Å²) < 4.78 is 5.77. The van der Waals surface area contributed by atoms with Crippen LogP contribution in [0.5, 0.6) is 0 Å². The highest BCUT2D eigenvalue weighted by Gasteiger charge is 2.54. The van der Waals surface area contributed by atoms with Gasteiger partial charge < -0.3 is 9.84 Å². The third kappa shape index (κ3) is 1.54. The van der Waals surface area contributed by atoms with Crippen LogP contribution in [0.2, 0.25) is 0 Å². The smallest absolute Gasteiger partial charge is 0.176 e. The predicted molar refractivity (Wildman–Crippen MR) is 62.7 cm³/mol. The van der Waals surface area contributed by atoms with Crippen LogP contribution in [0.1, 0.15) is 39.0 Å². The molecular weight excluding hydrogens is 200 g/mol. The molecule has 0 heterocycles. The molecule has 3 rings (SSSR count). The van der Waals surface area contributed by atoms with E-state index in [1.54, 1.807) is 0 Å². The molecule has 2 bridgehead atoms. The van der Waals surface area contributed by atoms with Crippen LogP contribution in [0, 0.1) is 23.7 Å². The minimum Gasteiger partial charge on any atom is -0.364 e. The van der Waals surface area contributed by atoms with Crippen LogP contribution >= 0.6 is 0 Å². The Kier molecular flexibility index (Phi) is 2.60. The van der Waals surface area contributed by atoms with Gasteiger partial charge in [-0.1, -0.05) is 13.0 Å². The van der Waals surface area contributed by atoms with E-state index in [9.17, 15) is 5.11 Å². The first-order chi connectivity index (χ1) is 7.66. The van der Waals surface area contributed by atoms with Crippen molar-refractivity contribution in [2.45, 2.75) is 51.4 Å². The summed E-state index contributed by atoms with van der Waals surface area (Å²) >= 11 is 0. The summed E-state index contributed by atoms with van der Waals surface area (Å²) in [5, 5.41) is 9.73. The summed E-state index contributed by atoms with van der Waals surface area (Å²) in [6, 6.07) is 0. The first kappa shape index (κ1) is 10.8. The van der Waals surface area contributed by atoms with Gasteiger partial charge in [0.15, 0.2) is 6.29 Å². The van der Waals surface area contributed by atoms with Crippen LogP contribution in [0.4, 0.5) is 0 Å². The summed E-state index contributed by atoms with van der Waals surface area (Å²) in [6.45, 7) is 5.58. The second-order valence-electron chi connectivity index (χ2n) is 6.03. The SMILES string of the molecule is C=C(C)C(O)OC1CC2CC1C1CCCC21. The third-order valence-electron chi connectivity index (χ3n) is 5.09. The fourth-order valence-electron chi connectivity index (χ4n) is 4.44. The molecule has 0 spiro atoms. The summed E-state index contributed by atoms with van der Waals surface area (Å²) in [4.78, 5) is 0. The summed E-state index contributed by atoms with van der Waals surface area (Å²) in [7, 11) is 0. The van der Waals surface area contributed by atoms with E-state index < -0.39 is 6.29 Å². The van der Waals surface area contributed by atoms with E-state index in [0.717, 1.165) is 29.2 Å². The number of fused-ring (bicyclic) bond motifs is 5. The van der Waals surface area contributed by atoms with Gasteiger partial charge in [-0.2, -0.15) is 0 Å². The first-order valence-electron chi connectivity index (χ1n) is 6.65. The van der Waals surface area contributed by atoms with Crippen LogP contribution in [-0.4, -0.2) is 17.5 Å². The normalized spacial score (nSPS) is 47.0. The highest BCUT2D eigenvalue weighted by Crippen LogP contribution is 2.59. The Labute approximate surface area is 97.7 Å². The Morgan fingerprint density at radius 3 is 2.75 bits per heavy atom. The van der Waals surface area contributed by atoms with Crippen molar-refractivity contribution in [2.24, 2.45) is 23.7 Å². The average Bonchev–Trinajstić information content (AvgIpc) is 2.87. The first-order valence-corrected chi connectivity index (χ1v) is 6.65. The highest BCUT2D eigenvalue weighted by molar-refractivity contribution is 5.04. The lowest BCUT2D eigenvalue weighted by molar-refractivity contribution is -0.135. The highest BCUT2D eigenvalue weighted by atomic mass is 16.6. The largest absolute Gasteiger partial charge is 0.364 e. The number of hydrogen-bond acceptors (Lipinski definition) is 2. The number of aliphatic hydroxyl groups excluding tert-OH is 1. The number of aliphatic hydroxyl groups is 1. The monoisotopic (exact) mass is 222 g/mol. The van der Waals surface area contributed by atoms with Crippen LogP contribution in [-0.2, 0) is 4.74 Å². The molecule has 0 aromatic rings. The zero-order valence-corrected chi connectivity index (χ0v) is 10.1. The molecule has 6 atom stereocenters. The minimum atomic E-state index is -0.746. The molecule has 0 aromatic heterocycles. The maximum Gasteiger partial charge on any atom is 0.176 e. The number of ether oxygens (including phenoxy) is 1. The standard InChI is InChI=1S/C14H22O2/c1-8(2)14(15)16-13-7-9-6-12(13)11-5-3-4-10(9)11/h9-15H,1,3-7H2,2H3. The molecule has 3 fully saturated rings. The van der Waals surface area contributed by atoms with Crippen molar-refractivity contribution in [1.29, 1.82) is 0 Å². The van der Waals surface area contributed by atoms with Gasteiger partial charge in [0, 0.05) is 0 Å². The molecule has 0 saturated heterocycles. The molecule has 2 heteroatoms.